The molecule has 0 aliphatic carbocycles. The Morgan fingerprint density at radius 1 is 1.19 bits per heavy atom. The Balaban J connectivity index is 1.81. The molecule has 0 spiro atoms. The first kappa shape index (κ1) is 11.4. The van der Waals surface area contributed by atoms with E-state index in [1.807, 2.05) is 12.1 Å². The average molecular weight is 219 g/mol. The summed E-state index contributed by atoms with van der Waals surface area (Å²) in [5, 5.41) is 0. The third kappa shape index (κ3) is 2.97. The summed E-state index contributed by atoms with van der Waals surface area (Å²) >= 11 is 0. The van der Waals surface area contributed by atoms with Gasteiger partial charge >= 0.3 is 0 Å². The van der Waals surface area contributed by atoms with Crippen LogP contribution in [0.1, 0.15) is 0 Å². The highest BCUT2D eigenvalue weighted by molar-refractivity contribution is 5.46. The molecule has 16 heavy (non-hydrogen) atoms. The van der Waals surface area contributed by atoms with Gasteiger partial charge in [-0.3, -0.25) is 4.90 Å². The number of hydrogen-bond donors (Lipinski definition) is 0. The van der Waals surface area contributed by atoms with Crippen LogP contribution in [-0.2, 0) is 4.74 Å². The minimum Gasteiger partial charge on any atom is -0.383 e. The van der Waals surface area contributed by atoms with Crippen LogP contribution in [0.2, 0.25) is 0 Å². The number of benzene rings is 1. The molecule has 3 heteroatoms. The van der Waals surface area contributed by atoms with Crippen molar-refractivity contribution in [2.45, 2.75) is 0 Å². The molecule has 87 valence electrons. The van der Waals surface area contributed by atoms with Crippen LogP contribution in [0, 0.1) is 6.07 Å². The predicted octanol–water partition coefficient (Wildman–Crippen LogP) is 1.26. The van der Waals surface area contributed by atoms with Gasteiger partial charge < -0.3 is 9.64 Å². The fourth-order valence-electron chi connectivity index (χ4n) is 2.04. The molecule has 0 bridgehead atoms. The normalized spacial score (nSPS) is 17.7. The summed E-state index contributed by atoms with van der Waals surface area (Å²) in [4.78, 5) is 4.88. The molecule has 1 aromatic carbocycles. The smallest absolute Gasteiger partial charge is 0.0589 e. The Morgan fingerprint density at radius 2 is 1.88 bits per heavy atom. The number of hydrogen-bond acceptors (Lipinski definition) is 3. The van der Waals surface area contributed by atoms with Crippen molar-refractivity contribution in [3.8, 4) is 0 Å². The summed E-state index contributed by atoms with van der Waals surface area (Å²) in [5.41, 5.74) is 1.31. The monoisotopic (exact) mass is 219 g/mol. The first-order chi connectivity index (χ1) is 7.90. The van der Waals surface area contributed by atoms with Crippen LogP contribution in [-0.4, -0.2) is 51.3 Å². The van der Waals surface area contributed by atoms with Crippen molar-refractivity contribution in [1.29, 1.82) is 0 Å². The molecule has 1 radical (unpaired) electrons. The molecule has 0 unspecified atom stereocenters. The van der Waals surface area contributed by atoms with Crippen LogP contribution < -0.4 is 4.90 Å². The van der Waals surface area contributed by atoms with Gasteiger partial charge in [0, 0.05) is 45.5 Å². The Bertz CT molecular complexity index is 294. The van der Waals surface area contributed by atoms with Gasteiger partial charge in [-0.05, 0) is 18.2 Å². The maximum Gasteiger partial charge on any atom is 0.0589 e. The van der Waals surface area contributed by atoms with E-state index >= 15 is 0 Å². The van der Waals surface area contributed by atoms with E-state index in [4.69, 9.17) is 4.74 Å². The number of rotatable bonds is 4. The highest BCUT2D eigenvalue weighted by Crippen LogP contribution is 2.14. The molecule has 1 heterocycles. The van der Waals surface area contributed by atoms with Crippen molar-refractivity contribution in [1.82, 2.24) is 4.90 Å². The SMILES string of the molecule is COCCN1CCN(c2cc[c]cc2)CC1. The second-order valence-corrected chi connectivity index (χ2v) is 4.08. The van der Waals surface area contributed by atoms with Gasteiger partial charge in [0.25, 0.3) is 0 Å². The highest BCUT2D eigenvalue weighted by Gasteiger charge is 2.16. The molecule has 1 fully saturated rings. The third-order valence-electron chi connectivity index (χ3n) is 3.05. The standard InChI is InChI=1S/C13H19N2O/c1-16-12-11-14-7-9-15(10-8-14)13-5-3-2-4-6-13/h3-6H,7-12H2,1H3. The van der Waals surface area contributed by atoms with Crippen LogP contribution in [0.5, 0.6) is 0 Å². The van der Waals surface area contributed by atoms with Gasteiger partial charge in [0.1, 0.15) is 0 Å². The van der Waals surface area contributed by atoms with Crippen molar-refractivity contribution in [2.75, 3.05) is 51.3 Å². The minimum absolute atomic E-state index is 0.834. The average Bonchev–Trinajstić information content (AvgIpc) is 2.38. The molecule has 0 aromatic heterocycles. The molecule has 3 nitrogen and oxygen atoms in total. The van der Waals surface area contributed by atoms with Crippen LogP contribution >= 0.6 is 0 Å². The van der Waals surface area contributed by atoms with E-state index in [1.165, 1.54) is 5.69 Å². The van der Waals surface area contributed by atoms with Gasteiger partial charge in [-0.1, -0.05) is 12.1 Å². The van der Waals surface area contributed by atoms with Crippen LogP contribution in [0.3, 0.4) is 0 Å². The van der Waals surface area contributed by atoms with Gasteiger partial charge in [-0.2, -0.15) is 0 Å². The second kappa shape index (κ2) is 5.87. The lowest BCUT2D eigenvalue weighted by Crippen LogP contribution is -2.47. The van der Waals surface area contributed by atoms with Gasteiger partial charge in [0.15, 0.2) is 0 Å². The summed E-state index contributed by atoms with van der Waals surface area (Å²) in [5.74, 6) is 0. The van der Waals surface area contributed by atoms with Gasteiger partial charge in [-0.15, -0.1) is 0 Å². The summed E-state index contributed by atoms with van der Waals surface area (Å²) in [6.07, 6.45) is 0. The lowest BCUT2D eigenvalue weighted by atomic mass is 10.2. The van der Waals surface area contributed by atoms with Gasteiger partial charge in [-0.25, -0.2) is 0 Å². The first-order valence-electron chi connectivity index (χ1n) is 5.82. The van der Waals surface area contributed by atoms with Gasteiger partial charge in [0.05, 0.1) is 6.61 Å². The van der Waals surface area contributed by atoms with E-state index < -0.39 is 0 Å². The van der Waals surface area contributed by atoms with Crippen molar-refractivity contribution in [2.24, 2.45) is 0 Å². The quantitative estimate of drug-likeness (QED) is 0.758. The maximum absolute atomic E-state index is 5.10. The molecular formula is C13H19N2O. The second-order valence-electron chi connectivity index (χ2n) is 4.08. The van der Waals surface area contributed by atoms with E-state index in [0.717, 1.165) is 39.3 Å². The maximum atomic E-state index is 5.10. The van der Waals surface area contributed by atoms with Crippen molar-refractivity contribution in [3.63, 3.8) is 0 Å². The van der Waals surface area contributed by atoms with Crippen LogP contribution in [0.4, 0.5) is 5.69 Å². The Hall–Kier alpha value is -1.06. The van der Waals surface area contributed by atoms with E-state index in [0.29, 0.717) is 0 Å². The largest absolute Gasteiger partial charge is 0.383 e. The minimum atomic E-state index is 0.834. The molecule has 0 saturated carbocycles. The number of nitrogens with zero attached hydrogens (tertiary/aromatic N) is 2. The van der Waals surface area contributed by atoms with Crippen molar-refractivity contribution >= 4 is 5.69 Å². The number of ether oxygens (including phenoxy) is 1. The zero-order valence-electron chi connectivity index (χ0n) is 9.85. The van der Waals surface area contributed by atoms with E-state index in [2.05, 4.69) is 28.0 Å². The molecule has 2 rings (SSSR count). The lowest BCUT2D eigenvalue weighted by molar-refractivity contribution is 0.144. The van der Waals surface area contributed by atoms with E-state index in [-0.39, 0.29) is 0 Å². The van der Waals surface area contributed by atoms with Crippen LogP contribution in [0.15, 0.2) is 24.3 Å². The lowest BCUT2D eigenvalue weighted by Gasteiger charge is -2.35. The molecule has 1 aliphatic rings. The fourth-order valence-corrected chi connectivity index (χ4v) is 2.04. The summed E-state index contributed by atoms with van der Waals surface area (Å²) < 4.78 is 5.10. The molecule has 1 aliphatic heterocycles. The van der Waals surface area contributed by atoms with Crippen molar-refractivity contribution < 1.29 is 4.74 Å². The fraction of sp³-hybridized carbons (Fsp3) is 0.538. The van der Waals surface area contributed by atoms with Crippen molar-refractivity contribution in [3.05, 3.63) is 30.3 Å². The molecule has 0 N–H and O–H groups in total. The van der Waals surface area contributed by atoms with Crippen LogP contribution in [0.25, 0.3) is 0 Å². The van der Waals surface area contributed by atoms with Gasteiger partial charge in [0.2, 0.25) is 0 Å². The molecule has 1 saturated heterocycles. The Morgan fingerprint density at radius 3 is 2.50 bits per heavy atom. The number of piperazine rings is 1. The molecule has 0 amide bonds. The molecule has 1 aromatic rings. The highest BCUT2D eigenvalue weighted by atomic mass is 16.5. The van der Waals surface area contributed by atoms with E-state index in [1.54, 1.807) is 7.11 Å². The zero-order valence-corrected chi connectivity index (χ0v) is 9.85. The zero-order chi connectivity index (χ0) is 11.2. The summed E-state index contributed by atoms with van der Waals surface area (Å²) in [6, 6.07) is 11.3. The number of anilines is 1. The summed E-state index contributed by atoms with van der Waals surface area (Å²) in [6.45, 7) is 6.35. The molecular weight excluding hydrogens is 200 g/mol. The summed E-state index contributed by atoms with van der Waals surface area (Å²) in [7, 11) is 1.76. The third-order valence-corrected chi connectivity index (χ3v) is 3.05. The topological polar surface area (TPSA) is 15.7 Å². The Kier molecular flexibility index (Phi) is 4.19. The predicted molar refractivity (Wildman–Crippen MR) is 65.8 cm³/mol. The molecule has 0 atom stereocenters. The Labute approximate surface area is 97.6 Å². The number of methoxy groups -OCH3 is 1. The first-order valence-corrected chi connectivity index (χ1v) is 5.82. The van der Waals surface area contributed by atoms with E-state index in [9.17, 15) is 0 Å².